The number of hydrogen-bond acceptors (Lipinski definition) is 2. The van der Waals surface area contributed by atoms with E-state index in [0.29, 0.717) is 17.0 Å². The molecule has 6 heteroatoms. The molecule has 4 nitrogen and oxygen atoms in total. The van der Waals surface area contributed by atoms with Gasteiger partial charge in [0.25, 0.3) is 0 Å². The largest absolute Gasteiger partial charge is 0.477 e. The molecule has 0 bridgehead atoms. The molecule has 2 aromatic carbocycles. The van der Waals surface area contributed by atoms with Crippen molar-refractivity contribution in [1.82, 2.24) is 9.97 Å². The van der Waals surface area contributed by atoms with Crippen LogP contribution in [-0.2, 0) is 0 Å². The molecule has 0 amide bonds. The first-order valence-electron chi connectivity index (χ1n) is 6.40. The van der Waals surface area contributed by atoms with E-state index in [1.54, 1.807) is 0 Å². The number of hydrogen-bond donors (Lipinski definition) is 2. The van der Waals surface area contributed by atoms with Gasteiger partial charge in [-0.2, -0.15) is 0 Å². The predicted molar refractivity (Wildman–Crippen MR) is 76.3 cm³/mol. The van der Waals surface area contributed by atoms with Crippen LogP contribution in [0.15, 0.2) is 48.5 Å². The second-order valence-electron chi connectivity index (χ2n) is 4.63. The highest BCUT2D eigenvalue weighted by Crippen LogP contribution is 2.26. The zero-order chi connectivity index (χ0) is 15.7. The van der Waals surface area contributed by atoms with Crippen LogP contribution in [-0.4, -0.2) is 21.0 Å². The summed E-state index contributed by atoms with van der Waals surface area (Å²) >= 11 is 0. The number of aromatic amines is 1. The quantitative estimate of drug-likeness (QED) is 0.774. The third kappa shape index (κ3) is 2.58. The molecule has 0 atom stereocenters. The van der Waals surface area contributed by atoms with Crippen molar-refractivity contribution in [3.63, 3.8) is 0 Å². The standard InChI is InChI=1S/C16H10F2N2O2/c17-11-5-1-9(2-6-11)13-14(16(21)22)20-15(19-13)10-3-7-12(18)8-4-10/h1-8H,(H,19,20)(H,21,22). The Morgan fingerprint density at radius 1 is 0.909 bits per heavy atom. The van der Waals surface area contributed by atoms with Crippen molar-refractivity contribution >= 4 is 5.97 Å². The molecule has 0 saturated heterocycles. The van der Waals surface area contributed by atoms with E-state index in [4.69, 9.17) is 0 Å². The summed E-state index contributed by atoms with van der Waals surface area (Å²) in [5, 5.41) is 9.28. The van der Waals surface area contributed by atoms with Crippen LogP contribution < -0.4 is 0 Å². The van der Waals surface area contributed by atoms with Crippen LogP contribution in [0.25, 0.3) is 22.6 Å². The van der Waals surface area contributed by atoms with E-state index < -0.39 is 17.6 Å². The summed E-state index contributed by atoms with van der Waals surface area (Å²) in [6.45, 7) is 0. The Bertz CT molecular complexity index is 824. The van der Waals surface area contributed by atoms with Crippen LogP contribution in [0.3, 0.4) is 0 Å². The minimum Gasteiger partial charge on any atom is -0.477 e. The Balaban J connectivity index is 2.11. The number of benzene rings is 2. The average Bonchev–Trinajstić information content (AvgIpc) is 2.94. The Hall–Kier alpha value is -3.02. The molecule has 0 fully saturated rings. The molecule has 0 unspecified atom stereocenters. The van der Waals surface area contributed by atoms with Crippen LogP contribution in [0.4, 0.5) is 8.78 Å². The summed E-state index contributed by atoms with van der Waals surface area (Å²) in [4.78, 5) is 18.3. The molecule has 22 heavy (non-hydrogen) atoms. The lowest BCUT2D eigenvalue weighted by atomic mass is 10.1. The summed E-state index contributed by atoms with van der Waals surface area (Å²) in [5.41, 5.74) is 1.12. The predicted octanol–water partition coefficient (Wildman–Crippen LogP) is 3.72. The number of carbonyl (C=O) groups is 1. The van der Waals surface area contributed by atoms with Gasteiger partial charge >= 0.3 is 5.97 Å². The number of halogens is 2. The second-order valence-corrected chi connectivity index (χ2v) is 4.63. The number of rotatable bonds is 3. The van der Waals surface area contributed by atoms with Gasteiger partial charge in [0.05, 0.1) is 0 Å². The lowest BCUT2D eigenvalue weighted by Gasteiger charge is -1.98. The number of nitrogens with one attached hydrogen (secondary N) is 1. The minimum absolute atomic E-state index is 0.106. The minimum atomic E-state index is -1.18. The highest BCUT2D eigenvalue weighted by atomic mass is 19.1. The molecule has 0 aliphatic heterocycles. The molecule has 0 spiro atoms. The second kappa shape index (κ2) is 5.40. The number of carboxylic acids is 1. The number of carboxylic acid groups (broad SMARTS) is 1. The van der Waals surface area contributed by atoms with Crippen molar-refractivity contribution in [3.8, 4) is 22.6 Å². The average molecular weight is 300 g/mol. The van der Waals surface area contributed by atoms with Crippen molar-refractivity contribution in [2.75, 3.05) is 0 Å². The molecule has 1 heterocycles. The summed E-state index contributed by atoms with van der Waals surface area (Å²) in [5.74, 6) is -1.70. The highest BCUT2D eigenvalue weighted by Gasteiger charge is 2.18. The number of imidazole rings is 1. The van der Waals surface area contributed by atoms with Crippen molar-refractivity contribution < 1.29 is 18.7 Å². The molecule has 0 saturated carbocycles. The fraction of sp³-hybridized carbons (Fsp3) is 0. The van der Waals surface area contributed by atoms with E-state index in [0.717, 1.165) is 0 Å². The van der Waals surface area contributed by atoms with E-state index in [1.807, 2.05) is 0 Å². The molecule has 0 aliphatic carbocycles. The van der Waals surface area contributed by atoms with Gasteiger partial charge in [-0.3, -0.25) is 0 Å². The first-order chi connectivity index (χ1) is 10.5. The van der Waals surface area contributed by atoms with Crippen LogP contribution in [0.2, 0.25) is 0 Å². The van der Waals surface area contributed by atoms with Gasteiger partial charge in [-0.1, -0.05) is 0 Å². The van der Waals surface area contributed by atoms with Gasteiger partial charge in [-0.25, -0.2) is 18.6 Å². The third-order valence-electron chi connectivity index (χ3n) is 3.15. The normalized spacial score (nSPS) is 10.6. The van der Waals surface area contributed by atoms with Gasteiger partial charge in [0.1, 0.15) is 23.2 Å². The number of aromatic nitrogens is 2. The fourth-order valence-electron chi connectivity index (χ4n) is 2.09. The molecular formula is C16H10F2N2O2. The van der Waals surface area contributed by atoms with E-state index in [-0.39, 0.29) is 11.4 Å². The SMILES string of the molecule is O=C(O)c1[nH]c(-c2ccc(F)cc2)nc1-c1ccc(F)cc1. The summed E-state index contributed by atoms with van der Waals surface area (Å²) in [6, 6.07) is 10.9. The first kappa shape index (κ1) is 13.9. The molecule has 3 rings (SSSR count). The molecule has 110 valence electrons. The Morgan fingerprint density at radius 3 is 1.91 bits per heavy atom. The molecule has 2 N–H and O–H groups in total. The monoisotopic (exact) mass is 300 g/mol. The highest BCUT2D eigenvalue weighted by molar-refractivity contribution is 5.94. The third-order valence-corrected chi connectivity index (χ3v) is 3.15. The van der Waals surface area contributed by atoms with Gasteiger partial charge < -0.3 is 10.1 Å². The number of nitrogens with zero attached hydrogens (tertiary/aromatic N) is 1. The van der Waals surface area contributed by atoms with Gasteiger partial charge in [0, 0.05) is 11.1 Å². The molecule has 0 radical (unpaired) electrons. The molecule has 1 aromatic heterocycles. The zero-order valence-electron chi connectivity index (χ0n) is 11.2. The number of H-pyrrole nitrogens is 1. The Kier molecular flexibility index (Phi) is 3.42. The Morgan fingerprint density at radius 2 is 1.41 bits per heavy atom. The smallest absolute Gasteiger partial charge is 0.354 e. The maximum absolute atomic E-state index is 13.0. The zero-order valence-corrected chi connectivity index (χ0v) is 11.2. The summed E-state index contributed by atoms with van der Waals surface area (Å²) in [7, 11) is 0. The van der Waals surface area contributed by atoms with Gasteiger partial charge in [-0.15, -0.1) is 0 Å². The van der Waals surface area contributed by atoms with E-state index in [2.05, 4.69) is 9.97 Å². The fourth-order valence-corrected chi connectivity index (χ4v) is 2.09. The molecule has 3 aromatic rings. The van der Waals surface area contributed by atoms with Crippen LogP contribution in [0, 0.1) is 11.6 Å². The van der Waals surface area contributed by atoms with E-state index in [9.17, 15) is 18.7 Å². The van der Waals surface area contributed by atoms with Crippen molar-refractivity contribution in [3.05, 3.63) is 65.9 Å². The number of aromatic carboxylic acids is 1. The molecule has 0 aliphatic rings. The summed E-state index contributed by atoms with van der Waals surface area (Å²) < 4.78 is 25.9. The maximum atomic E-state index is 13.0. The Labute approximate surface area is 124 Å². The van der Waals surface area contributed by atoms with Crippen molar-refractivity contribution in [2.45, 2.75) is 0 Å². The van der Waals surface area contributed by atoms with Gasteiger partial charge in [0.2, 0.25) is 0 Å². The van der Waals surface area contributed by atoms with E-state index in [1.165, 1.54) is 48.5 Å². The van der Waals surface area contributed by atoms with Crippen LogP contribution in [0.1, 0.15) is 10.5 Å². The summed E-state index contributed by atoms with van der Waals surface area (Å²) in [6.07, 6.45) is 0. The van der Waals surface area contributed by atoms with Gasteiger partial charge in [-0.05, 0) is 48.5 Å². The first-order valence-corrected chi connectivity index (χ1v) is 6.40. The van der Waals surface area contributed by atoms with Crippen LogP contribution in [0.5, 0.6) is 0 Å². The topological polar surface area (TPSA) is 66.0 Å². The van der Waals surface area contributed by atoms with E-state index >= 15 is 0 Å². The van der Waals surface area contributed by atoms with Crippen molar-refractivity contribution in [1.29, 1.82) is 0 Å². The maximum Gasteiger partial charge on any atom is 0.354 e. The van der Waals surface area contributed by atoms with Crippen molar-refractivity contribution in [2.24, 2.45) is 0 Å². The molecular weight excluding hydrogens is 290 g/mol. The van der Waals surface area contributed by atoms with Gasteiger partial charge in [0.15, 0.2) is 5.69 Å². The van der Waals surface area contributed by atoms with Crippen LogP contribution >= 0.6 is 0 Å². The lowest BCUT2D eigenvalue weighted by molar-refractivity contribution is 0.0692. The lowest BCUT2D eigenvalue weighted by Crippen LogP contribution is -1.99.